The third-order valence-corrected chi connectivity index (χ3v) is 5.45. The SMILES string of the molecule is CC[C@H](C)NC(=O)c1ccccc1NS(=O)(=O)c1cc(OC)ccc1OC. The first-order chi connectivity index (χ1) is 12.8. The molecule has 0 fully saturated rings. The highest BCUT2D eigenvalue weighted by Gasteiger charge is 2.23. The quantitative estimate of drug-likeness (QED) is 0.720. The van der Waals surface area contributed by atoms with E-state index < -0.39 is 10.0 Å². The van der Waals surface area contributed by atoms with Crippen molar-refractivity contribution in [2.45, 2.75) is 31.2 Å². The molecule has 1 atom stereocenters. The largest absolute Gasteiger partial charge is 0.497 e. The number of hydrogen-bond donors (Lipinski definition) is 2. The van der Waals surface area contributed by atoms with Gasteiger partial charge in [-0.1, -0.05) is 19.1 Å². The van der Waals surface area contributed by atoms with Gasteiger partial charge in [-0.25, -0.2) is 8.42 Å². The van der Waals surface area contributed by atoms with Gasteiger partial charge in [-0.05, 0) is 37.6 Å². The minimum absolute atomic E-state index is 0.0272. The van der Waals surface area contributed by atoms with Crippen molar-refractivity contribution >= 4 is 21.6 Å². The smallest absolute Gasteiger partial charge is 0.265 e. The number of carbonyl (C=O) groups is 1. The highest BCUT2D eigenvalue weighted by molar-refractivity contribution is 7.92. The summed E-state index contributed by atoms with van der Waals surface area (Å²) in [5.41, 5.74) is 0.423. The molecule has 0 aliphatic carbocycles. The van der Waals surface area contributed by atoms with Gasteiger partial charge in [0.1, 0.15) is 16.4 Å². The van der Waals surface area contributed by atoms with E-state index in [0.717, 1.165) is 6.42 Å². The molecule has 146 valence electrons. The summed E-state index contributed by atoms with van der Waals surface area (Å²) in [4.78, 5) is 12.4. The number of nitrogens with one attached hydrogen (secondary N) is 2. The van der Waals surface area contributed by atoms with E-state index in [-0.39, 0.29) is 33.8 Å². The van der Waals surface area contributed by atoms with Gasteiger partial charge < -0.3 is 14.8 Å². The fourth-order valence-electron chi connectivity index (χ4n) is 2.37. The zero-order valence-corrected chi connectivity index (χ0v) is 16.6. The fraction of sp³-hybridized carbons (Fsp3) is 0.316. The van der Waals surface area contributed by atoms with Crippen LogP contribution in [-0.4, -0.2) is 34.6 Å². The Balaban J connectivity index is 2.41. The van der Waals surface area contributed by atoms with Crippen molar-refractivity contribution in [1.82, 2.24) is 5.32 Å². The maximum atomic E-state index is 12.9. The van der Waals surface area contributed by atoms with Crippen molar-refractivity contribution in [3.8, 4) is 11.5 Å². The molecule has 0 bridgehead atoms. The Morgan fingerprint density at radius 3 is 2.44 bits per heavy atom. The van der Waals surface area contributed by atoms with Crippen LogP contribution in [0.2, 0.25) is 0 Å². The number of ether oxygens (including phenoxy) is 2. The van der Waals surface area contributed by atoms with E-state index in [1.807, 2.05) is 13.8 Å². The maximum absolute atomic E-state index is 12.9. The molecule has 0 aliphatic rings. The average molecular weight is 392 g/mol. The van der Waals surface area contributed by atoms with E-state index in [4.69, 9.17) is 9.47 Å². The Bertz CT molecular complexity index is 912. The summed E-state index contributed by atoms with van der Waals surface area (Å²) in [5, 5.41) is 2.83. The number of carbonyl (C=O) groups excluding carboxylic acids is 1. The van der Waals surface area contributed by atoms with Crippen LogP contribution in [0.15, 0.2) is 47.4 Å². The van der Waals surface area contributed by atoms with Crippen LogP contribution in [0.1, 0.15) is 30.6 Å². The number of hydrogen-bond acceptors (Lipinski definition) is 5. The predicted octanol–water partition coefficient (Wildman–Crippen LogP) is 3.03. The average Bonchev–Trinajstić information content (AvgIpc) is 2.67. The molecule has 2 aromatic carbocycles. The lowest BCUT2D eigenvalue weighted by atomic mass is 10.1. The molecule has 2 N–H and O–H groups in total. The lowest BCUT2D eigenvalue weighted by molar-refractivity contribution is 0.0940. The van der Waals surface area contributed by atoms with Crippen molar-refractivity contribution in [2.24, 2.45) is 0 Å². The van der Waals surface area contributed by atoms with Crippen molar-refractivity contribution in [3.05, 3.63) is 48.0 Å². The molecule has 0 saturated heterocycles. The molecule has 2 rings (SSSR count). The molecule has 0 radical (unpaired) electrons. The van der Waals surface area contributed by atoms with Crippen LogP contribution in [-0.2, 0) is 10.0 Å². The Morgan fingerprint density at radius 1 is 1.11 bits per heavy atom. The summed E-state index contributed by atoms with van der Waals surface area (Å²) in [7, 11) is -1.19. The van der Waals surface area contributed by atoms with E-state index in [9.17, 15) is 13.2 Å². The Morgan fingerprint density at radius 2 is 1.81 bits per heavy atom. The van der Waals surface area contributed by atoms with E-state index >= 15 is 0 Å². The minimum atomic E-state index is -4.01. The summed E-state index contributed by atoms with van der Waals surface area (Å²) >= 11 is 0. The van der Waals surface area contributed by atoms with Crippen LogP contribution in [0.3, 0.4) is 0 Å². The Hall–Kier alpha value is -2.74. The first-order valence-electron chi connectivity index (χ1n) is 8.47. The van der Waals surface area contributed by atoms with E-state index in [1.165, 1.54) is 32.4 Å². The normalized spacial score (nSPS) is 12.1. The molecule has 0 aliphatic heterocycles. The number of sulfonamides is 1. The first kappa shape index (κ1) is 20.6. The topological polar surface area (TPSA) is 93.7 Å². The summed E-state index contributed by atoms with van der Waals surface area (Å²) in [6.07, 6.45) is 0.765. The fourth-order valence-corrected chi connectivity index (χ4v) is 3.63. The van der Waals surface area contributed by atoms with Crippen molar-refractivity contribution < 1.29 is 22.7 Å². The summed E-state index contributed by atoms with van der Waals surface area (Å²) in [5.74, 6) is 0.198. The summed E-state index contributed by atoms with van der Waals surface area (Å²) in [6.45, 7) is 3.83. The van der Waals surface area contributed by atoms with Crippen LogP contribution >= 0.6 is 0 Å². The van der Waals surface area contributed by atoms with Gasteiger partial charge in [-0.15, -0.1) is 0 Å². The summed E-state index contributed by atoms with van der Waals surface area (Å²) < 4.78 is 38.6. The number of anilines is 1. The second-order valence-corrected chi connectivity index (χ2v) is 7.60. The lowest BCUT2D eigenvalue weighted by Crippen LogP contribution is -2.32. The number of benzene rings is 2. The number of methoxy groups -OCH3 is 2. The molecular formula is C19H24N2O5S. The summed E-state index contributed by atoms with van der Waals surface area (Å²) in [6, 6.07) is 10.9. The molecule has 0 unspecified atom stereocenters. The monoisotopic (exact) mass is 392 g/mol. The van der Waals surface area contributed by atoms with Crippen molar-refractivity contribution in [1.29, 1.82) is 0 Å². The van der Waals surface area contributed by atoms with Gasteiger partial charge in [0.2, 0.25) is 0 Å². The predicted molar refractivity (Wildman–Crippen MR) is 104 cm³/mol. The third-order valence-electron chi connectivity index (χ3n) is 4.07. The maximum Gasteiger partial charge on any atom is 0.265 e. The molecule has 27 heavy (non-hydrogen) atoms. The molecule has 0 heterocycles. The number of amides is 1. The number of para-hydroxylation sites is 1. The Kier molecular flexibility index (Phi) is 6.68. The van der Waals surface area contributed by atoms with Gasteiger partial charge in [0.15, 0.2) is 0 Å². The molecule has 0 spiro atoms. The molecule has 0 aromatic heterocycles. The molecule has 1 amide bonds. The highest BCUT2D eigenvalue weighted by Crippen LogP contribution is 2.30. The minimum Gasteiger partial charge on any atom is -0.497 e. The van der Waals surface area contributed by atoms with Crippen LogP contribution in [0.5, 0.6) is 11.5 Å². The molecule has 7 nitrogen and oxygen atoms in total. The van der Waals surface area contributed by atoms with E-state index in [0.29, 0.717) is 5.75 Å². The second kappa shape index (κ2) is 8.77. The van der Waals surface area contributed by atoms with Crippen LogP contribution in [0.25, 0.3) is 0 Å². The van der Waals surface area contributed by atoms with Gasteiger partial charge in [-0.3, -0.25) is 9.52 Å². The van der Waals surface area contributed by atoms with Crippen LogP contribution in [0.4, 0.5) is 5.69 Å². The number of rotatable bonds is 8. The van der Waals surface area contributed by atoms with Crippen molar-refractivity contribution in [2.75, 3.05) is 18.9 Å². The zero-order valence-electron chi connectivity index (χ0n) is 15.8. The van der Waals surface area contributed by atoms with Crippen LogP contribution < -0.4 is 19.5 Å². The third kappa shape index (κ3) is 4.91. The van der Waals surface area contributed by atoms with Crippen LogP contribution in [0, 0.1) is 0 Å². The molecule has 8 heteroatoms. The zero-order chi connectivity index (χ0) is 20.0. The van der Waals surface area contributed by atoms with Gasteiger partial charge in [0.05, 0.1) is 25.5 Å². The van der Waals surface area contributed by atoms with Gasteiger partial charge in [0.25, 0.3) is 15.9 Å². The Labute approximate surface area is 159 Å². The van der Waals surface area contributed by atoms with Gasteiger partial charge in [-0.2, -0.15) is 0 Å². The van der Waals surface area contributed by atoms with E-state index in [1.54, 1.807) is 24.3 Å². The molecular weight excluding hydrogens is 368 g/mol. The first-order valence-corrected chi connectivity index (χ1v) is 9.95. The standard InChI is InChI=1S/C19H24N2O5S/c1-5-13(2)20-19(22)15-8-6-7-9-16(15)21-27(23,24)18-12-14(25-3)10-11-17(18)26-4/h6-13,21H,5H2,1-4H3,(H,20,22)/t13-/m0/s1. The lowest BCUT2D eigenvalue weighted by Gasteiger charge is -2.16. The van der Waals surface area contributed by atoms with E-state index in [2.05, 4.69) is 10.0 Å². The molecule has 2 aromatic rings. The van der Waals surface area contributed by atoms with Crippen molar-refractivity contribution in [3.63, 3.8) is 0 Å². The molecule has 0 saturated carbocycles. The van der Waals surface area contributed by atoms with Gasteiger partial charge in [0, 0.05) is 12.1 Å². The van der Waals surface area contributed by atoms with Gasteiger partial charge >= 0.3 is 0 Å². The second-order valence-electron chi connectivity index (χ2n) is 5.95. The highest BCUT2D eigenvalue weighted by atomic mass is 32.2.